The van der Waals surface area contributed by atoms with Gasteiger partial charge in [0.1, 0.15) is 5.78 Å². The van der Waals surface area contributed by atoms with Crippen LogP contribution in [-0.4, -0.2) is 16.7 Å². The second kappa shape index (κ2) is 6.97. The number of amidine groups is 1. The predicted molar refractivity (Wildman–Crippen MR) is 98.2 cm³/mol. The number of nitrogens with one attached hydrogen (secondary N) is 1. The van der Waals surface area contributed by atoms with Crippen molar-refractivity contribution < 1.29 is 4.79 Å². The second-order valence-electron chi connectivity index (χ2n) is 5.63. The molecule has 0 amide bonds. The topological polar surface area (TPSA) is 66.2 Å². The molecule has 24 heavy (non-hydrogen) atoms. The van der Waals surface area contributed by atoms with Crippen LogP contribution in [0.3, 0.4) is 0 Å². The minimum absolute atomic E-state index is 0.0636. The summed E-state index contributed by atoms with van der Waals surface area (Å²) in [6.07, 6.45) is 0. The van der Waals surface area contributed by atoms with E-state index in [0.717, 1.165) is 11.3 Å². The van der Waals surface area contributed by atoms with Crippen LogP contribution in [0.25, 0.3) is 0 Å². The number of benzene rings is 2. The molecular weight excluding hydrogens is 320 g/mol. The van der Waals surface area contributed by atoms with Gasteiger partial charge in [0.25, 0.3) is 0 Å². The summed E-state index contributed by atoms with van der Waals surface area (Å²) in [4.78, 5) is 16.6. The molecule has 0 aliphatic carbocycles. The molecule has 1 N–H and O–H groups in total. The summed E-state index contributed by atoms with van der Waals surface area (Å²) in [7, 11) is 0. The molecule has 2 aromatic carbocycles. The van der Waals surface area contributed by atoms with E-state index >= 15 is 0 Å². The Kier molecular flexibility index (Phi) is 4.76. The minimum Gasteiger partial charge on any atom is -0.342 e. The summed E-state index contributed by atoms with van der Waals surface area (Å²) in [5.41, 5.74) is 1.86. The van der Waals surface area contributed by atoms with Crippen LogP contribution in [0, 0.1) is 0 Å². The van der Waals surface area contributed by atoms with Gasteiger partial charge in [-0.05, 0) is 24.6 Å². The molecule has 2 aromatic rings. The number of para-hydroxylation sites is 1. The number of thioether (sulfide) groups is 1. The van der Waals surface area contributed by atoms with Gasteiger partial charge in [0, 0.05) is 12.6 Å². The molecule has 0 spiro atoms. The standard InChI is InChI=1S/C18H18N4OS/c1-13(23)16(14-9-5-3-6-10-14)24-17-20-18(2,22-21-17)19-15-11-7-4-8-12-15/h3-12,16,19H,1-2H3. The monoisotopic (exact) mass is 338 g/mol. The van der Waals surface area contributed by atoms with Crippen molar-refractivity contribution >= 4 is 28.4 Å². The summed E-state index contributed by atoms with van der Waals surface area (Å²) < 4.78 is 0. The lowest BCUT2D eigenvalue weighted by Gasteiger charge is -2.18. The summed E-state index contributed by atoms with van der Waals surface area (Å²) in [6, 6.07) is 19.4. The van der Waals surface area contributed by atoms with Crippen molar-refractivity contribution in [2.45, 2.75) is 24.9 Å². The highest BCUT2D eigenvalue weighted by Crippen LogP contribution is 2.35. The number of anilines is 1. The van der Waals surface area contributed by atoms with Crippen molar-refractivity contribution in [2.24, 2.45) is 15.2 Å². The molecule has 0 bridgehead atoms. The Morgan fingerprint density at radius 3 is 2.33 bits per heavy atom. The maximum absolute atomic E-state index is 12.0. The quantitative estimate of drug-likeness (QED) is 0.862. The molecule has 2 unspecified atom stereocenters. The van der Waals surface area contributed by atoms with Gasteiger partial charge in [0.2, 0.25) is 11.0 Å². The van der Waals surface area contributed by atoms with Crippen LogP contribution in [0.1, 0.15) is 24.7 Å². The number of hydrogen-bond donors (Lipinski definition) is 1. The zero-order valence-corrected chi connectivity index (χ0v) is 14.3. The number of hydrogen-bond acceptors (Lipinski definition) is 6. The van der Waals surface area contributed by atoms with E-state index in [0.29, 0.717) is 5.17 Å². The maximum atomic E-state index is 12.0. The van der Waals surface area contributed by atoms with Crippen LogP contribution in [0.5, 0.6) is 0 Å². The summed E-state index contributed by atoms with van der Waals surface area (Å²) in [5.74, 6) is -0.782. The van der Waals surface area contributed by atoms with Gasteiger partial charge in [-0.3, -0.25) is 4.79 Å². The lowest BCUT2D eigenvalue weighted by molar-refractivity contribution is -0.116. The molecule has 0 aromatic heterocycles. The largest absolute Gasteiger partial charge is 0.342 e. The van der Waals surface area contributed by atoms with Gasteiger partial charge < -0.3 is 5.32 Å². The third-order valence-corrected chi connectivity index (χ3v) is 4.72. The number of nitrogens with zero attached hydrogens (tertiary/aromatic N) is 3. The molecule has 3 rings (SSSR count). The fourth-order valence-electron chi connectivity index (χ4n) is 2.39. The number of carbonyl (C=O) groups is 1. The minimum atomic E-state index is -0.846. The lowest BCUT2D eigenvalue weighted by atomic mass is 10.1. The Morgan fingerprint density at radius 2 is 1.71 bits per heavy atom. The highest BCUT2D eigenvalue weighted by molar-refractivity contribution is 8.14. The SMILES string of the molecule is CC(=O)C(SC1=NC(C)(Nc2ccccc2)N=N1)c1ccccc1. The van der Waals surface area contributed by atoms with Gasteiger partial charge in [-0.25, -0.2) is 4.99 Å². The summed E-state index contributed by atoms with van der Waals surface area (Å²) >= 11 is 1.33. The van der Waals surface area contributed by atoms with Crippen LogP contribution >= 0.6 is 11.8 Å². The van der Waals surface area contributed by atoms with Gasteiger partial charge >= 0.3 is 0 Å². The van der Waals surface area contributed by atoms with Gasteiger partial charge in [0.05, 0.1) is 5.25 Å². The van der Waals surface area contributed by atoms with E-state index in [-0.39, 0.29) is 11.0 Å². The molecule has 0 saturated carbocycles. The average molecular weight is 338 g/mol. The van der Waals surface area contributed by atoms with E-state index in [9.17, 15) is 4.79 Å². The van der Waals surface area contributed by atoms with Crippen LogP contribution in [0.15, 0.2) is 75.9 Å². The van der Waals surface area contributed by atoms with Crippen molar-refractivity contribution in [1.82, 2.24) is 0 Å². The molecule has 0 saturated heterocycles. The number of ketones is 1. The Bertz CT molecular complexity index is 776. The fraction of sp³-hybridized carbons (Fsp3) is 0.222. The van der Waals surface area contributed by atoms with E-state index in [1.807, 2.05) is 67.6 Å². The smallest absolute Gasteiger partial charge is 0.244 e. The molecule has 1 aliphatic heterocycles. The van der Waals surface area contributed by atoms with Gasteiger partial charge in [-0.1, -0.05) is 60.3 Å². The van der Waals surface area contributed by atoms with Gasteiger partial charge in [0.15, 0.2) is 0 Å². The highest BCUT2D eigenvalue weighted by Gasteiger charge is 2.30. The molecule has 1 aliphatic rings. The van der Waals surface area contributed by atoms with E-state index in [1.165, 1.54) is 11.8 Å². The van der Waals surface area contributed by atoms with Crippen LogP contribution < -0.4 is 5.32 Å². The normalized spacial score (nSPS) is 20.5. The Morgan fingerprint density at radius 1 is 1.08 bits per heavy atom. The van der Waals surface area contributed by atoms with Crippen molar-refractivity contribution in [1.29, 1.82) is 0 Å². The van der Waals surface area contributed by atoms with Gasteiger partial charge in [-0.15, -0.1) is 10.2 Å². The molecule has 5 nitrogen and oxygen atoms in total. The zero-order valence-electron chi connectivity index (χ0n) is 13.5. The van der Waals surface area contributed by atoms with E-state index in [2.05, 4.69) is 20.5 Å². The first-order valence-corrected chi connectivity index (χ1v) is 8.52. The summed E-state index contributed by atoms with van der Waals surface area (Å²) in [6.45, 7) is 3.43. The molecule has 6 heteroatoms. The Labute approximate surface area is 145 Å². The first-order valence-electron chi connectivity index (χ1n) is 7.64. The summed E-state index contributed by atoms with van der Waals surface area (Å²) in [5, 5.41) is 11.8. The predicted octanol–water partition coefficient (Wildman–Crippen LogP) is 4.66. The van der Waals surface area contributed by atoms with Crippen LogP contribution in [0.4, 0.5) is 5.69 Å². The van der Waals surface area contributed by atoms with Crippen molar-refractivity contribution in [2.75, 3.05) is 5.32 Å². The molecule has 122 valence electrons. The van der Waals surface area contributed by atoms with Crippen molar-refractivity contribution in [3.05, 3.63) is 66.2 Å². The number of rotatable bonds is 5. The number of aliphatic imine (C=N–C) groups is 1. The Balaban J connectivity index is 1.76. The number of azo groups is 1. The van der Waals surface area contributed by atoms with E-state index in [4.69, 9.17) is 0 Å². The van der Waals surface area contributed by atoms with Crippen LogP contribution in [-0.2, 0) is 4.79 Å². The lowest BCUT2D eigenvalue weighted by Crippen LogP contribution is -2.28. The van der Waals surface area contributed by atoms with E-state index < -0.39 is 5.79 Å². The number of Topliss-reactive ketones (excluding diaryl/α,β-unsaturated/α-hetero) is 1. The van der Waals surface area contributed by atoms with Crippen molar-refractivity contribution in [3.8, 4) is 0 Å². The molecule has 0 radical (unpaired) electrons. The second-order valence-corrected chi connectivity index (χ2v) is 6.70. The third-order valence-electron chi connectivity index (χ3n) is 3.49. The first-order chi connectivity index (χ1) is 11.6. The van der Waals surface area contributed by atoms with Crippen LogP contribution in [0.2, 0.25) is 0 Å². The molecular formula is C18H18N4OS. The van der Waals surface area contributed by atoms with E-state index in [1.54, 1.807) is 6.92 Å². The molecule has 0 fully saturated rings. The highest BCUT2D eigenvalue weighted by atomic mass is 32.2. The third kappa shape index (κ3) is 3.89. The Hall–Kier alpha value is -2.47. The van der Waals surface area contributed by atoms with Crippen molar-refractivity contribution in [3.63, 3.8) is 0 Å². The zero-order chi connectivity index (χ0) is 17.0. The van der Waals surface area contributed by atoms with Gasteiger partial charge in [-0.2, -0.15) is 0 Å². The number of carbonyl (C=O) groups excluding carboxylic acids is 1. The molecule has 2 atom stereocenters. The first kappa shape index (κ1) is 16.4. The maximum Gasteiger partial charge on any atom is 0.244 e. The fourth-order valence-corrected chi connectivity index (χ4v) is 3.38. The average Bonchev–Trinajstić information content (AvgIpc) is 2.95. The molecule has 1 heterocycles.